The minimum Gasteiger partial charge on any atom is -0.358 e. The Morgan fingerprint density at radius 2 is 2.56 bits per heavy atom. The smallest absolute Gasteiger partial charge is 0.358 e. The Hall–Kier alpha value is -1.10. The van der Waals surface area contributed by atoms with E-state index in [4.69, 9.17) is 11.8 Å². The first-order chi connectivity index (χ1) is 4.22. The van der Waals surface area contributed by atoms with Crippen molar-refractivity contribution in [3.63, 3.8) is 0 Å². The monoisotopic (exact) mass is 147 g/mol. The van der Waals surface area contributed by atoms with E-state index < -0.39 is 4.92 Å². The summed E-state index contributed by atoms with van der Waals surface area (Å²) in [6, 6.07) is 0. The van der Waals surface area contributed by atoms with Crippen LogP contribution in [0.4, 0.5) is 5.82 Å². The van der Waals surface area contributed by atoms with Gasteiger partial charge in [-0.25, -0.2) is 4.98 Å². The molecule has 1 aromatic rings. The Kier molecular flexibility index (Phi) is 1.35. The van der Waals surface area contributed by atoms with Crippen molar-refractivity contribution in [1.82, 2.24) is 9.07 Å². The molecule has 0 fully saturated rings. The molecule has 1 rings (SSSR count). The number of aromatic nitrogens is 2. The summed E-state index contributed by atoms with van der Waals surface area (Å²) < 4.78 is 0.819. The van der Waals surface area contributed by atoms with Gasteiger partial charge in [0.15, 0.2) is 0 Å². The van der Waals surface area contributed by atoms with E-state index in [1.54, 1.807) is 0 Å². The number of hydrogen-bond donors (Lipinski definition) is 0. The number of hydrogen-bond acceptors (Lipinski definition) is 3. The number of rotatable bonds is 1. The minimum atomic E-state index is -0.611. The van der Waals surface area contributed by atoms with E-state index in [2.05, 4.69) is 4.98 Å². The fourth-order valence-electron chi connectivity index (χ4n) is 0.398. The van der Waals surface area contributed by atoms with Crippen LogP contribution in [0, 0.1) is 10.1 Å². The van der Waals surface area contributed by atoms with Crippen molar-refractivity contribution in [3.05, 3.63) is 22.6 Å². The fraction of sp³-hybridized carbons (Fsp3) is 0. The van der Waals surface area contributed by atoms with Crippen molar-refractivity contribution < 1.29 is 4.92 Å². The standard InChI is InChI=1S/C3H2ClN3O2/c4-6-2-5-1-3(6)7(8)9/h1-2H. The third-order valence-electron chi connectivity index (χ3n) is 0.764. The van der Waals surface area contributed by atoms with Gasteiger partial charge in [-0.1, -0.05) is 0 Å². The zero-order valence-corrected chi connectivity index (χ0v) is 4.95. The Bertz CT molecular complexity index is 233. The SMILES string of the molecule is O=[N+]([O-])c1cncn1Cl. The summed E-state index contributed by atoms with van der Waals surface area (Å²) in [5.74, 6) is -0.225. The van der Waals surface area contributed by atoms with Crippen LogP contribution in [-0.4, -0.2) is 14.0 Å². The molecule has 0 radical (unpaired) electrons. The first kappa shape index (κ1) is 6.03. The molecule has 0 aliphatic heterocycles. The number of halogens is 1. The lowest BCUT2D eigenvalue weighted by Gasteiger charge is -1.87. The quantitative estimate of drug-likeness (QED) is 0.436. The van der Waals surface area contributed by atoms with Gasteiger partial charge in [0.2, 0.25) is 6.33 Å². The van der Waals surface area contributed by atoms with E-state index >= 15 is 0 Å². The maximum absolute atomic E-state index is 9.94. The molecule has 5 nitrogen and oxygen atoms in total. The highest BCUT2D eigenvalue weighted by Crippen LogP contribution is 2.09. The summed E-state index contributed by atoms with van der Waals surface area (Å²) in [5.41, 5.74) is 0. The molecule has 0 aromatic carbocycles. The maximum Gasteiger partial charge on any atom is 0.360 e. The lowest BCUT2D eigenvalue weighted by molar-refractivity contribution is -0.390. The lowest BCUT2D eigenvalue weighted by Crippen LogP contribution is -1.90. The Morgan fingerprint density at radius 3 is 2.78 bits per heavy atom. The van der Waals surface area contributed by atoms with Gasteiger partial charge in [-0.05, 0) is 4.92 Å². The predicted molar refractivity (Wildman–Crippen MR) is 30.1 cm³/mol. The second-order valence-electron chi connectivity index (χ2n) is 1.32. The van der Waals surface area contributed by atoms with Crippen LogP contribution in [0.2, 0.25) is 0 Å². The largest absolute Gasteiger partial charge is 0.360 e. The van der Waals surface area contributed by atoms with Crippen molar-refractivity contribution in [2.75, 3.05) is 0 Å². The van der Waals surface area contributed by atoms with Gasteiger partial charge in [0, 0.05) is 0 Å². The Balaban J connectivity index is 3.08. The molecule has 0 aliphatic carbocycles. The fourth-order valence-corrected chi connectivity index (χ4v) is 0.554. The molecule has 9 heavy (non-hydrogen) atoms. The minimum absolute atomic E-state index is 0.225. The Labute approximate surface area is 55.1 Å². The van der Waals surface area contributed by atoms with Crippen LogP contribution in [0.15, 0.2) is 12.5 Å². The predicted octanol–water partition coefficient (Wildman–Crippen LogP) is 0.793. The van der Waals surface area contributed by atoms with Gasteiger partial charge in [-0.2, -0.15) is 0 Å². The first-order valence-corrected chi connectivity index (χ1v) is 2.38. The molecule has 0 saturated heterocycles. The van der Waals surface area contributed by atoms with Crippen molar-refractivity contribution in [1.29, 1.82) is 0 Å². The number of nitrogens with zero attached hydrogens (tertiary/aromatic N) is 3. The third kappa shape index (κ3) is 0.996. The highest BCUT2D eigenvalue weighted by atomic mass is 35.5. The zero-order chi connectivity index (χ0) is 6.85. The van der Waals surface area contributed by atoms with Crippen molar-refractivity contribution >= 4 is 17.6 Å². The molecule has 1 heterocycles. The molecule has 0 saturated carbocycles. The van der Waals surface area contributed by atoms with Crippen LogP contribution in [0.5, 0.6) is 0 Å². The van der Waals surface area contributed by atoms with Crippen LogP contribution in [0.25, 0.3) is 0 Å². The normalized spacial score (nSPS) is 9.44. The van der Waals surface area contributed by atoms with Crippen LogP contribution in [0.1, 0.15) is 0 Å². The van der Waals surface area contributed by atoms with Gasteiger partial charge in [0.05, 0.1) is 0 Å². The highest BCUT2D eigenvalue weighted by Gasteiger charge is 2.09. The summed E-state index contributed by atoms with van der Waals surface area (Å²) in [4.78, 5) is 12.8. The molecule has 48 valence electrons. The van der Waals surface area contributed by atoms with Crippen molar-refractivity contribution in [2.24, 2.45) is 0 Å². The maximum atomic E-state index is 9.94. The summed E-state index contributed by atoms with van der Waals surface area (Å²) >= 11 is 5.25. The lowest BCUT2D eigenvalue weighted by atomic mass is 10.8. The molecule has 0 amide bonds. The third-order valence-corrected chi connectivity index (χ3v) is 1.02. The topological polar surface area (TPSA) is 61.0 Å². The summed E-state index contributed by atoms with van der Waals surface area (Å²) in [6.07, 6.45) is 2.23. The van der Waals surface area contributed by atoms with Gasteiger partial charge >= 0.3 is 5.82 Å². The molecule has 0 aliphatic rings. The van der Waals surface area contributed by atoms with Crippen LogP contribution in [0.3, 0.4) is 0 Å². The Morgan fingerprint density at radius 1 is 1.89 bits per heavy atom. The molecule has 0 spiro atoms. The van der Waals surface area contributed by atoms with Gasteiger partial charge < -0.3 is 10.1 Å². The molecule has 0 unspecified atom stereocenters. The van der Waals surface area contributed by atoms with E-state index in [0.29, 0.717) is 0 Å². The summed E-state index contributed by atoms with van der Waals surface area (Å²) in [5, 5.41) is 9.94. The second kappa shape index (κ2) is 2.02. The van der Waals surface area contributed by atoms with Crippen LogP contribution in [-0.2, 0) is 0 Å². The molecule has 0 N–H and O–H groups in total. The van der Waals surface area contributed by atoms with Gasteiger partial charge in [0.1, 0.15) is 18.0 Å². The molecule has 0 atom stereocenters. The highest BCUT2D eigenvalue weighted by molar-refractivity contribution is 6.16. The number of imidazole rings is 1. The number of nitro groups is 1. The van der Waals surface area contributed by atoms with Gasteiger partial charge in [-0.3, -0.25) is 0 Å². The van der Waals surface area contributed by atoms with E-state index in [-0.39, 0.29) is 5.82 Å². The van der Waals surface area contributed by atoms with Crippen LogP contribution >= 0.6 is 11.8 Å². The van der Waals surface area contributed by atoms with E-state index in [1.807, 2.05) is 0 Å². The molecule has 0 bridgehead atoms. The zero-order valence-electron chi connectivity index (χ0n) is 4.19. The van der Waals surface area contributed by atoms with Crippen molar-refractivity contribution in [2.45, 2.75) is 0 Å². The average Bonchev–Trinajstić information content (AvgIpc) is 2.13. The molecular formula is C3H2ClN3O2. The summed E-state index contributed by atoms with van der Waals surface area (Å²) in [7, 11) is 0. The average molecular weight is 148 g/mol. The van der Waals surface area contributed by atoms with E-state index in [1.165, 1.54) is 0 Å². The molecular weight excluding hydrogens is 146 g/mol. The molecule has 6 heteroatoms. The van der Waals surface area contributed by atoms with E-state index in [9.17, 15) is 10.1 Å². The molecule has 1 aromatic heterocycles. The van der Waals surface area contributed by atoms with Gasteiger partial charge in [0.25, 0.3) is 0 Å². The van der Waals surface area contributed by atoms with E-state index in [0.717, 1.165) is 16.6 Å². The van der Waals surface area contributed by atoms with Crippen LogP contribution < -0.4 is 0 Å². The van der Waals surface area contributed by atoms with Crippen molar-refractivity contribution in [3.8, 4) is 0 Å². The first-order valence-electron chi connectivity index (χ1n) is 2.04. The second-order valence-corrected chi connectivity index (χ2v) is 1.68. The van der Waals surface area contributed by atoms with Gasteiger partial charge in [-0.15, -0.1) is 4.09 Å². The summed E-state index contributed by atoms with van der Waals surface area (Å²) in [6.45, 7) is 0.